The third-order valence-corrected chi connectivity index (χ3v) is 7.02. The van der Waals surface area contributed by atoms with E-state index >= 15 is 0 Å². The molecule has 2 heterocycles. The normalized spacial score (nSPS) is 14.3. The van der Waals surface area contributed by atoms with Crippen molar-refractivity contribution in [2.45, 2.75) is 38.5 Å². The molecule has 1 amide bonds. The first-order valence-corrected chi connectivity index (χ1v) is 12.5. The van der Waals surface area contributed by atoms with Crippen LogP contribution >= 0.6 is 11.6 Å². The maximum Gasteiger partial charge on any atom is 0.410 e. The van der Waals surface area contributed by atoms with Gasteiger partial charge in [-0.1, -0.05) is 60.1 Å². The lowest BCUT2D eigenvalue weighted by Crippen LogP contribution is -2.41. The van der Waals surface area contributed by atoms with Crippen LogP contribution in [0.1, 0.15) is 30.0 Å². The second-order valence-electron chi connectivity index (χ2n) is 9.04. The highest BCUT2D eigenvalue weighted by Crippen LogP contribution is 2.26. The Morgan fingerprint density at radius 3 is 2.39 bits per heavy atom. The van der Waals surface area contributed by atoms with E-state index in [-0.39, 0.29) is 30.2 Å². The highest BCUT2D eigenvalue weighted by atomic mass is 35.5. The van der Waals surface area contributed by atoms with Gasteiger partial charge in [0, 0.05) is 30.7 Å². The molecule has 1 aliphatic heterocycles. The highest BCUT2D eigenvalue weighted by molar-refractivity contribution is 6.30. The summed E-state index contributed by atoms with van der Waals surface area (Å²) in [6, 6.07) is 21.8. The van der Waals surface area contributed by atoms with Crippen LogP contribution in [-0.4, -0.2) is 33.2 Å². The monoisotopic (exact) mass is 507 g/mol. The van der Waals surface area contributed by atoms with Gasteiger partial charge >= 0.3 is 11.8 Å². The van der Waals surface area contributed by atoms with Crippen molar-refractivity contribution in [2.24, 2.45) is 0 Å². The van der Waals surface area contributed by atoms with Gasteiger partial charge in [-0.15, -0.1) is 0 Å². The summed E-state index contributed by atoms with van der Waals surface area (Å²) < 4.78 is 23.3. The molecule has 6 nitrogen and oxygen atoms in total. The van der Waals surface area contributed by atoms with Crippen LogP contribution in [0, 0.1) is 5.82 Å². The number of hydrogen-bond acceptors (Lipinski definition) is 3. The molecule has 36 heavy (non-hydrogen) atoms. The second kappa shape index (κ2) is 10.6. The van der Waals surface area contributed by atoms with E-state index in [0.717, 1.165) is 16.6 Å². The van der Waals surface area contributed by atoms with Crippen LogP contribution in [0.15, 0.2) is 77.6 Å². The molecule has 0 bridgehead atoms. The number of aryl methyl sites for hydroxylation is 2. The fourth-order valence-electron chi connectivity index (χ4n) is 4.88. The minimum absolute atomic E-state index is 0.0332. The number of carbonyl (C=O) groups excluding carboxylic acids is 1. The summed E-state index contributed by atoms with van der Waals surface area (Å²) in [4.78, 5) is 27.8. The maximum absolute atomic E-state index is 14.3. The lowest BCUT2D eigenvalue weighted by molar-refractivity contribution is 0.0831. The summed E-state index contributed by atoms with van der Waals surface area (Å²) in [6.07, 6.45) is 1.35. The molecular formula is C28H27ClFN3O3. The summed E-state index contributed by atoms with van der Waals surface area (Å²) in [5, 5.41) is 0.348. The van der Waals surface area contributed by atoms with E-state index < -0.39 is 0 Å². The summed E-state index contributed by atoms with van der Waals surface area (Å²) >= 11 is 5.87. The number of likely N-dealkylation sites (tertiary alicyclic amines) is 1. The van der Waals surface area contributed by atoms with Crippen molar-refractivity contribution in [1.29, 1.82) is 0 Å². The number of halogens is 2. The van der Waals surface area contributed by atoms with Gasteiger partial charge in [0.25, 0.3) is 0 Å². The van der Waals surface area contributed by atoms with Gasteiger partial charge in [-0.3, -0.25) is 9.13 Å². The van der Waals surface area contributed by atoms with Gasteiger partial charge in [0.05, 0.1) is 11.0 Å². The molecule has 0 saturated carbocycles. The number of piperidine rings is 1. The predicted octanol–water partition coefficient (Wildman–Crippen LogP) is 5.81. The molecule has 5 rings (SSSR count). The largest absolute Gasteiger partial charge is 0.445 e. The molecule has 1 saturated heterocycles. The smallest absolute Gasteiger partial charge is 0.410 e. The van der Waals surface area contributed by atoms with Gasteiger partial charge in [0.2, 0.25) is 0 Å². The molecule has 3 aromatic carbocycles. The van der Waals surface area contributed by atoms with Crippen LogP contribution in [0.5, 0.6) is 0 Å². The molecule has 0 atom stereocenters. The van der Waals surface area contributed by atoms with Crippen molar-refractivity contribution in [3.63, 3.8) is 0 Å². The maximum atomic E-state index is 14.3. The fourth-order valence-corrected chi connectivity index (χ4v) is 5.03. The molecule has 1 aliphatic rings. The number of para-hydroxylation sites is 2. The number of fused-ring (bicyclic) bond motifs is 1. The first-order valence-electron chi connectivity index (χ1n) is 12.1. The number of carbonyl (C=O) groups is 1. The summed E-state index contributed by atoms with van der Waals surface area (Å²) in [5.41, 5.74) is 3.02. The number of imidazole rings is 1. The van der Waals surface area contributed by atoms with E-state index in [2.05, 4.69) is 0 Å². The Morgan fingerprint density at radius 1 is 0.972 bits per heavy atom. The van der Waals surface area contributed by atoms with Gasteiger partial charge in [-0.2, -0.15) is 0 Å². The first-order chi connectivity index (χ1) is 17.5. The Balaban J connectivity index is 1.29. The molecular weight excluding hydrogens is 481 g/mol. The van der Waals surface area contributed by atoms with Gasteiger partial charge in [0.1, 0.15) is 12.4 Å². The van der Waals surface area contributed by atoms with Crippen LogP contribution < -0.4 is 5.69 Å². The molecule has 4 aromatic rings. The van der Waals surface area contributed by atoms with E-state index in [4.69, 9.17) is 16.3 Å². The number of amides is 1. The Morgan fingerprint density at radius 2 is 1.67 bits per heavy atom. The minimum Gasteiger partial charge on any atom is -0.445 e. The number of benzene rings is 3. The molecule has 0 unspecified atom stereocenters. The van der Waals surface area contributed by atoms with Gasteiger partial charge in [-0.05, 0) is 54.7 Å². The Bertz CT molecular complexity index is 1430. The lowest BCUT2D eigenvalue weighted by atomic mass is 10.0. The fraction of sp³-hybridized carbons (Fsp3) is 0.286. The molecule has 1 fully saturated rings. The number of ether oxygens (including phenoxy) is 1. The molecule has 0 spiro atoms. The Hall–Kier alpha value is -3.58. The zero-order valence-corrected chi connectivity index (χ0v) is 20.5. The van der Waals surface area contributed by atoms with Crippen LogP contribution in [0.2, 0.25) is 5.02 Å². The Kier molecular flexibility index (Phi) is 7.09. The Labute approximate surface area is 213 Å². The molecule has 8 heteroatoms. The number of nitrogens with zero attached hydrogens (tertiary/aromatic N) is 3. The number of rotatable bonds is 6. The van der Waals surface area contributed by atoms with E-state index in [9.17, 15) is 14.0 Å². The lowest BCUT2D eigenvalue weighted by Gasteiger charge is -2.31. The van der Waals surface area contributed by atoms with Crippen LogP contribution in [0.25, 0.3) is 11.0 Å². The highest BCUT2D eigenvalue weighted by Gasteiger charge is 2.28. The zero-order chi connectivity index (χ0) is 25.1. The van der Waals surface area contributed by atoms with Crippen LogP contribution in [0.4, 0.5) is 9.18 Å². The molecule has 0 N–H and O–H groups in total. The third kappa shape index (κ3) is 5.02. The summed E-state index contributed by atoms with van der Waals surface area (Å²) in [5.74, 6) is -0.370. The molecule has 1 aromatic heterocycles. The van der Waals surface area contributed by atoms with Crippen LogP contribution in [0.3, 0.4) is 0 Å². The minimum atomic E-state index is -0.370. The van der Waals surface area contributed by atoms with Crippen molar-refractivity contribution in [1.82, 2.24) is 14.0 Å². The van der Waals surface area contributed by atoms with E-state index in [1.54, 1.807) is 21.6 Å². The SMILES string of the molecule is O=C(OCc1ccccc1)N1CCC(n2c(=O)n(CCc3ccc(Cl)cc3F)c3ccccc32)CC1. The van der Waals surface area contributed by atoms with Crippen molar-refractivity contribution in [2.75, 3.05) is 13.1 Å². The van der Waals surface area contributed by atoms with E-state index in [1.165, 1.54) is 6.07 Å². The van der Waals surface area contributed by atoms with Crippen molar-refractivity contribution in [3.05, 3.63) is 105 Å². The predicted molar refractivity (Wildman–Crippen MR) is 138 cm³/mol. The van der Waals surface area contributed by atoms with Crippen molar-refractivity contribution in [3.8, 4) is 0 Å². The summed E-state index contributed by atoms with van der Waals surface area (Å²) in [6.45, 7) is 1.62. The first kappa shape index (κ1) is 24.1. The number of hydrogen-bond donors (Lipinski definition) is 0. The van der Waals surface area contributed by atoms with Crippen molar-refractivity contribution >= 4 is 28.7 Å². The topological polar surface area (TPSA) is 56.5 Å². The standard InChI is InChI=1S/C28H27ClFN3O3/c29-22-11-10-21(24(30)18-22)12-17-32-25-8-4-5-9-26(25)33(27(32)34)23-13-15-31(16-14-23)28(35)36-19-20-6-2-1-3-7-20/h1-11,18,23H,12-17,19H2. The van der Waals surface area contributed by atoms with Gasteiger partial charge < -0.3 is 9.64 Å². The average molecular weight is 508 g/mol. The zero-order valence-electron chi connectivity index (χ0n) is 19.8. The molecule has 0 radical (unpaired) electrons. The van der Waals surface area contributed by atoms with E-state index in [0.29, 0.717) is 49.5 Å². The summed E-state index contributed by atoms with van der Waals surface area (Å²) in [7, 11) is 0. The van der Waals surface area contributed by atoms with E-state index in [1.807, 2.05) is 59.2 Å². The molecule has 186 valence electrons. The van der Waals surface area contributed by atoms with Gasteiger partial charge in [0.15, 0.2) is 0 Å². The number of aromatic nitrogens is 2. The van der Waals surface area contributed by atoms with Crippen LogP contribution in [-0.2, 0) is 24.3 Å². The second-order valence-corrected chi connectivity index (χ2v) is 9.47. The third-order valence-electron chi connectivity index (χ3n) is 6.78. The average Bonchev–Trinajstić information content (AvgIpc) is 3.18. The quantitative estimate of drug-likeness (QED) is 0.331. The van der Waals surface area contributed by atoms with Gasteiger partial charge in [-0.25, -0.2) is 14.0 Å². The molecule has 0 aliphatic carbocycles. The van der Waals surface area contributed by atoms with Crippen molar-refractivity contribution < 1.29 is 13.9 Å².